The third-order valence-electron chi connectivity index (χ3n) is 4.60. The highest BCUT2D eigenvalue weighted by Crippen LogP contribution is 2.35. The number of anilines is 1. The number of halogens is 1. The fraction of sp³-hybridized carbons (Fsp3) is 0.158. The summed E-state index contributed by atoms with van der Waals surface area (Å²) >= 11 is 0. The summed E-state index contributed by atoms with van der Waals surface area (Å²) in [5, 5.41) is 22.4. The second kappa shape index (κ2) is 7.42. The van der Waals surface area contributed by atoms with Gasteiger partial charge in [0.25, 0.3) is 5.69 Å². The third kappa shape index (κ3) is 3.41. The van der Waals surface area contributed by atoms with E-state index in [4.69, 9.17) is 0 Å². The zero-order chi connectivity index (χ0) is 18.1. The van der Waals surface area contributed by atoms with Crippen LogP contribution in [0.4, 0.5) is 11.6 Å². The van der Waals surface area contributed by atoms with Crippen LogP contribution in [0.5, 0.6) is 0 Å². The van der Waals surface area contributed by atoms with Crippen LogP contribution < -0.4 is 26.4 Å². The molecule has 0 aliphatic carbocycles. The van der Waals surface area contributed by atoms with Gasteiger partial charge < -0.3 is 22.1 Å². The Labute approximate surface area is 166 Å². The second-order valence-corrected chi connectivity index (χ2v) is 6.24. The van der Waals surface area contributed by atoms with Crippen molar-refractivity contribution in [3.05, 3.63) is 94.3 Å². The molecule has 0 spiro atoms. The van der Waals surface area contributed by atoms with Gasteiger partial charge in [-0.1, -0.05) is 35.3 Å². The van der Waals surface area contributed by atoms with E-state index < -0.39 is 10.6 Å². The average molecular weight is 429 g/mol. The van der Waals surface area contributed by atoms with Crippen LogP contribution in [0, 0.1) is 10.1 Å². The maximum absolute atomic E-state index is 11.5. The number of hydrogen-bond acceptors (Lipinski definition) is 5. The molecule has 2 heterocycles. The van der Waals surface area contributed by atoms with Gasteiger partial charge in [0.2, 0.25) is 5.72 Å². The molecule has 2 aromatic carbocycles. The van der Waals surface area contributed by atoms with Crippen molar-refractivity contribution >= 4 is 11.6 Å². The Balaban J connectivity index is 0.00000210. The monoisotopic (exact) mass is 428 g/mol. The van der Waals surface area contributed by atoms with Gasteiger partial charge in [-0.15, -0.1) is 0 Å². The molecular weight excluding hydrogens is 412 g/mol. The molecule has 1 N–H and O–H groups in total. The van der Waals surface area contributed by atoms with E-state index in [-0.39, 0.29) is 22.7 Å². The zero-order valence-corrected chi connectivity index (χ0v) is 15.9. The molecule has 1 unspecified atom stereocenters. The van der Waals surface area contributed by atoms with Crippen LogP contribution in [0.3, 0.4) is 0 Å². The van der Waals surface area contributed by atoms with Gasteiger partial charge in [0, 0.05) is 23.8 Å². The van der Waals surface area contributed by atoms with E-state index in [9.17, 15) is 15.2 Å². The molecule has 0 radical (unpaired) electrons. The van der Waals surface area contributed by atoms with Crippen molar-refractivity contribution in [3.63, 3.8) is 0 Å². The van der Waals surface area contributed by atoms with Crippen LogP contribution in [-0.2, 0) is 18.8 Å². The number of benzene rings is 2. The predicted octanol–water partition coefficient (Wildman–Crippen LogP) is -0.853. The van der Waals surface area contributed by atoms with Crippen LogP contribution >= 0.6 is 0 Å². The lowest BCUT2D eigenvalue weighted by Gasteiger charge is -2.28. The van der Waals surface area contributed by atoms with E-state index in [1.807, 2.05) is 52.1 Å². The van der Waals surface area contributed by atoms with Crippen molar-refractivity contribution in [2.24, 2.45) is 0 Å². The van der Waals surface area contributed by atoms with Gasteiger partial charge >= 0.3 is 5.95 Å². The molecule has 4 rings (SSSR count). The standard InChI is InChI=1S/C19H17N4O3.BrH/c24-19(16-7-9-17(10-8-16)23(25)26)14-21-12-4-11-20-18(21)22(19)13-15-5-2-1-3-6-15;/h1-12,24H,13-14H2;1H/q+1;/p-1. The Bertz CT molecular complexity index is 953. The van der Waals surface area contributed by atoms with Crippen LogP contribution in [0.1, 0.15) is 11.1 Å². The molecule has 8 heteroatoms. The summed E-state index contributed by atoms with van der Waals surface area (Å²) in [6.07, 6.45) is 3.55. The average Bonchev–Trinajstić information content (AvgIpc) is 2.96. The first-order valence-electron chi connectivity index (χ1n) is 8.21. The number of fused-ring (bicyclic) bond motifs is 1. The third-order valence-corrected chi connectivity index (χ3v) is 4.60. The minimum atomic E-state index is -1.34. The Morgan fingerprint density at radius 3 is 2.52 bits per heavy atom. The molecule has 0 fully saturated rings. The summed E-state index contributed by atoms with van der Waals surface area (Å²) in [5.41, 5.74) is 0.275. The van der Waals surface area contributed by atoms with Crippen LogP contribution in [0.25, 0.3) is 0 Å². The lowest BCUT2D eigenvalue weighted by atomic mass is 10.0. The summed E-state index contributed by atoms with van der Waals surface area (Å²) in [5.74, 6) is 0.650. The van der Waals surface area contributed by atoms with Gasteiger partial charge in [-0.05, 0) is 17.7 Å². The number of non-ortho nitro benzene ring substituents is 1. The molecule has 0 bridgehead atoms. The summed E-state index contributed by atoms with van der Waals surface area (Å²) in [6.45, 7) is 0.756. The first-order chi connectivity index (χ1) is 12.6. The van der Waals surface area contributed by atoms with Crippen molar-refractivity contribution in [2.45, 2.75) is 18.8 Å². The quantitative estimate of drug-likeness (QED) is 0.332. The molecule has 3 aromatic rings. The molecular formula is C19H17BrN4O3. The van der Waals surface area contributed by atoms with Gasteiger partial charge in [0.1, 0.15) is 12.7 Å². The molecule has 27 heavy (non-hydrogen) atoms. The first-order valence-corrected chi connectivity index (χ1v) is 8.21. The van der Waals surface area contributed by atoms with Gasteiger partial charge in [-0.25, -0.2) is 9.47 Å². The SMILES string of the molecule is O=[N+]([O-])c1ccc(C2(O)C[n+]3cccnc3N2Cc2ccccc2)cc1.[Br-]. The van der Waals surface area contributed by atoms with E-state index in [1.54, 1.807) is 18.3 Å². The fourth-order valence-electron chi connectivity index (χ4n) is 3.29. The zero-order valence-electron chi connectivity index (χ0n) is 14.3. The molecule has 1 aromatic heterocycles. The number of aromatic nitrogens is 2. The first kappa shape index (κ1) is 18.9. The lowest BCUT2D eigenvalue weighted by molar-refractivity contribution is -0.685. The summed E-state index contributed by atoms with van der Waals surface area (Å²) < 4.78 is 1.88. The maximum Gasteiger partial charge on any atom is 0.397 e. The van der Waals surface area contributed by atoms with Gasteiger partial charge in [-0.3, -0.25) is 10.1 Å². The molecule has 0 saturated carbocycles. The minimum Gasteiger partial charge on any atom is -1.00 e. The number of nitro benzene ring substituents is 1. The largest absolute Gasteiger partial charge is 1.00 e. The molecule has 7 nitrogen and oxygen atoms in total. The van der Waals surface area contributed by atoms with Crippen molar-refractivity contribution in [2.75, 3.05) is 4.90 Å². The van der Waals surface area contributed by atoms with Crippen LogP contribution in [0.2, 0.25) is 0 Å². The summed E-state index contributed by atoms with van der Waals surface area (Å²) in [7, 11) is 0. The van der Waals surface area contributed by atoms with E-state index in [2.05, 4.69) is 4.98 Å². The van der Waals surface area contributed by atoms with E-state index in [0.717, 1.165) is 5.56 Å². The molecule has 1 aliphatic heterocycles. The summed E-state index contributed by atoms with van der Waals surface area (Å²) in [4.78, 5) is 16.7. The lowest BCUT2D eigenvalue weighted by Crippen LogP contribution is -3.00. The predicted molar refractivity (Wildman–Crippen MR) is 94.1 cm³/mol. The van der Waals surface area contributed by atoms with Crippen molar-refractivity contribution in [1.82, 2.24) is 4.98 Å². The second-order valence-electron chi connectivity index (χ2n) is 6.24. The van der Waals surface area contributed by atoms with Gasteiger partial charge in [-0.2, -0.15) is 0 Å². The number of aliphatic hydroxyl groups is 1. The minimum absolute atomic E-state index is 0. The molecule has 0 amide bonds. The van der Waals surface area contributed by atoms with Crippen molar-refractivity contribution in [1.29, 1.82) is 0 Å². The molecule has 0 saturated heterocycles. The summed E-state index contributed by atoms with van der Waals surface area (Å²) in [6, 6.07) is 17.6. The van der Waals surface area contributed by atoms with Crippen molar-refractivity contribution < 1.29 is 31.6 Å². The Kier molecular flexibility index (Phi) is 5.20. The topological polar surface area (TPSA) is 83.4 Å². The van der Waals surface area contributed by atoms with E-state index >= 15 is 0 Å². The number of nitro groups is 1. The molecule has 1 aliphatic rings. The number of rotatable bonds is 4. The Morgan fingerprint density at radius 1 is 1.15 bits per heavy atom. The van der Waals surface area contributed by atoms with E-state index in [0.29, 0.717) is 24.6 Å². The fourth-order valence-corrected chi connectivity index (χ4v) is 3.29. The smallest absolute Gasteiger partial charge is 0.397 e. The highest BCUT2D eigenvalue weighted by atomic mass is 79.9. The number of hydrogen-bond donors (Lipinski definition) is 1. The van der Waals surface area contributed by atoms with Crippen LogP contribution in [-0.4, -0.2) is 15.0 Å². The normalized spacial score (nSPS) is 17.9. The van der Waals surface area contributed by atoms with Gasteiger partial charge in [0.05, 0.1) is 17.7 Å². The molecule has 138 valence electrons. The Hall–Kier alpha value is -2.84. The highest BCUT2D eigenvalue weighted by Gasteiger charge is 2.51. The number of nitrogens with zero attached hydrogens (tertiary/aromatic N) is 4. The maximum atomic E-state index is 11.5. The van der Waals surface area contributed by atoms with Crippen molar-refractivity contribution in [3.8, 4) is 0 Å². The Morgan fingerprint density at radius 2 is 1.85 bits per heavy atom. The van der Waals surface area contributed by atoms with Gasteiger partial charge in [0.15, 0.2) is 0 Å². The van der Waals surface area contributed by atoms with E-state index in [1.165, 1.54) is 12.1 Å². The highest BCUT2D eigenvalue weighted by molar-refractivity contribution is 5.42. The van der Waals surface area contributed by atoms with Crippen LogP contribution in [0.15, 0.2) is 73.1 Å². The molecule has 1 atom stereocenters.